The van der Waals surface area contributed by atoms with Crippen molar-refractivity contribution in [1.29, 1.82) is 0 Å². The molecule has 0 unspecified atom stereocenters. The lowest BCUT2D eigenvalue weighted by atomic mass is 9.92. The summed E-state index contributed by atoms with van der Waals surface area (Å²) in [5.41, 5.74) is 0.978. The Morgan fingerprint density at radius 2 is 1.57 bits per heavy atom. The molecule has 0 bridgehead atoms. The van der Waals surface area contributed by atoms with Crippen molar-refractivity contribution in [2.24, 2.45) is 5.92 Å². The molecule has 0 aromatic rings. The van der Waals surface area contributed by atoms with Crippen molar-refractivity contribution in [3.05, 3.63) is 11.6 Å². The molecule has 2 N–H and O–H groups in total. The summed E-state index contributed by atoms with van der Waals surface area (Å²) in [5.74, 6) is -3.94. The lowest BCUT2D eigenvalue weighted by molar-refractivity contribution is -0.151. The average Bonchev–Trinajstić information content (AvgIpc) is 2.15. The number of hydrogen-bond acceptors (Lipinski definition) is 2. The first kappa shape index (κ1) is 10.8. The zero-order chi connectivity index (χ0) is 10.6. The van der Waals surface area contributed by atoms with E-state index in [9.17, 15) is 9.59 Å². The number of carboxylic acids is 2. The van der Waals surface area contributed by atoms with E-state index in [1.807, 2.05) is 0 Å². The van der Waals surface area contributed by atoms with E-state index in [2.05, 4.69) is 0 Å². The minimum Gasteiger partial charge on any atom is -0.480 e. The maximum absolute atomic E-state index is 10.6. The molecule has 1 rings (SSSR count). The molecule has 0 spiro atoms. The van der Waals surface area contributed by atoms with Gasteiger partial charge in [-0.3, -0.25) is 9.59 Å². The number of aliphatic carboxylic acids is 2. The molecule has 1 saturated carbocycles. The Morgan fingerprint density at radius 3 is 2.00 bits per heavy atom. The molecule has 0 aromatic carbocycles. The SMILES string of the molecule is O=C(O)C(C=C1CCCCC1)C(=O)O. The highest BCUT2D eigenvalue weighted by Gasteiger charge is 2.23. The minimum absolute atomic E-state index is 0.844. The quantitative estimate of drug-likeness (QED) is 0.534. The Balaban J connectivity index is 2.69. The van der Waals surface area contributed by atoms with E-state index >= 15 is 0 Å². The summed E-state index contributed by atoms with van der Waals surface area (Å²) in [5, 5.41) is 17.3. The van der Waals surface area contributed by atoms with Crippen molar-refractivity contribution in [2.45, 2.75) is 32.1 Å². The highest BCUT2D eigenvalue weighted by molar-refractivity contribution is 5.95. The zero-order valence-electron chi connectivity index (χ0n) is 7.90. The van der Waals surface area contributed by atoms with Crippen LogP contribution in [-0.4, -0.2) is 22.2 Å². The van der Waals surface area contributed by atoms with Gasteiger partial charge >= 0.3 is 11.9 Å². The number of carbonyl (C=O) groups is 2. The van der Waals surface area contributed by atoms with E-state index in [4.69, 9.17) is 10.2 Å². The highest BCUT2D eigenvalue weighted by Crippen LogP contribution is 2.24. The standard InChI is InChI=1S/C10H14O4/c11-9(12)8(10(13)14)6-7-4-2-1-3-5-7/h6,8H,1-5H2,(H,11,12)(H,13,14). The molecule has 4 heteroatoms. The Kier molecular flexibility index (Phi) is 3.68. The molecule has 1 aliphatic rings. The molecule has 78 valence electrons. The van der Waals surface area contributed by atoms with Gasteiger partial charge in [-0.1, -0.05) is 18.1 Å². The third-order valence-electron chi connectivity index (χ3n) is 2.43. The molecular formula is C10H14O4. The van der Waals surface area contributed by atoms with Crippen molar-refractivity contribution in [3.8, 4) is 0 Å². The fourth-order valence-corrected chi connectivity index (χ4v) is 1.66. The van der Waals surface area contributed by atoms with Gasteiger partial charge in [-0.25, -0.2) is 0 Å². The topological polar surface area (TPSA) is 74.6 Å². The van der Waals surface area contributed by atoms with Crippen LogP contribution < -0.4 is 0 Å². The van der Waals surface area contributed by atoms with Crippen LogP contribution >= 0.6 is 0 Å². The first-order valence-electron chi connectivity index (χ1n) is 4.76. The maximum Gasteiger partial charge on any atom is 0.321 e. The normalized spacial score (nSPS) is 16.8. The van der Waals surface area contributed by atoms with E-state index in [-0.39, 0.29) is 0 Å². The predicted molar refractivity (Wildman–Crippen MR) is 49.9 cm³/mol. The van der Waals surface area contributed by atoms with Gasteiger partial charge in [0.1, 0.15) is 0 Å². The Morgan fingerprint density at radius 1 is 1.07 bits per heavy atom. The van der Waals surface area contributed by atoms with E-state index in [1.54, 1.807) is 0 Å². The average molecular weight is 198 g/mol. The summed E-state index contributed by atoms with van der Waals surface area (Å²) in [4.78, 5) is 21.2. The van der Waals surface area contributed by atoms with Crippen LogP contribution in [-0.2, 0) is 9.59 Å². The molecule has 0 amide bonds. The van der Waals surface area contributed by atoms with Crippen LogP contribution in [0, 0.1) is 5.92 Å². The highest BCUT2D eigenvalue weighted by atomic mass is 16.4. The Bertz CT molecular complexity index is 245. The van der Waals surface area contributed by atoms with Crippen molar-refractivity contribution >= 4 is 11.9 Å². The van der Waals surface area contributed by atoms with Crippen LogP contribution in [0.15, 0.2) is 11.6 Å². The van der Waals surface area contributed by atoms with Crippen LogP contribution in [0.2, 0.25) is 0 Å². The lowest BCUT2D eigenvalue weighted by Crippen LogP contribution is -2.21. The van der Waals surface area contributed by atoms with Crippen molar-refractivity contribution in [3.63, 3.8) is 0 Å². The molecule has 0 radical (unpaired) electrons. The first-order chi connectivity index (χ1) is 6.61. The fraction of sp³-hybridized carbons (Fsp3) is 0.600. The van der Waals surface area contributed by atoms with E-state index < -0.39 is 17.9 Å². The number of rotatable bonds is 3. The van der Waals surface area contributed by atoms with Crippen molar-refractivity contribution < 1.29 is 19.8 Å². The van der Waals surface area contributed by atoms with Gasteiger partial charge in [-0.05, 0) is 25.7 Å². The molecular weight excluding hydrogens is 184 g/mol. The summed E-state index contributed by atoms with van der Waals surface area (Å²) in [6.45, 7) is 0. The van der Waals surface area contributed by atoms with Crippen LogP contribution in [0.5, 0.6) is 0 Å². The third kappa shape index (κ3) is 2.87. The van der Waals surface area contributed by atoms with Gasteiger partial charge in [-0.2, -0.15) is 0 Å². The zero-order valence-corrected chi connectivity index (χ0v) is 7.90. The first-order valence-corrected chi connectivity index (χ1v) is 4.76. The number of hydrogen-bond donors (Lipinski definition) is 2. The second-order valence-corrected chi connectivity index (χ2v) is 3.54. The summed E-state index contributed by atoms with van der Waals surface area (Å²) in [7, 11) is 0. The van der Waals surface area contributed by atoms with Gasteiger partial charge in [0.15, 0.2) is 5.92 Å². The molecule has 1 aliphatic carbocycles. The Labute approximate surface area is 82.2 Å². The van der Waals surface area contributed by atoms with Gasteiger partial charge in [-0.15, -0.1) is 0 Å². The Hall–Kier alpha value is -1.32. The summed E-state index contributed by atoms with van der Waals surface area (Å²) >= 11 is 0. The van der Waals surface area contributed by atoms with Crippen molar-refractivity contribution in [1.82, 2.24) is 0 Å². The molecule has 0 aromatic heterocycles. The largest absolute Gasteiger partial charge is 0.480 e. The summed E-state index contributed by atoms with van der Waals surface area (Å²) in [6, 6.07) is 0. The predicted octanol–water partition coefficient (Wildman–Crippen LogP) is 1.66. The summed E-state index contributed by atoms with van der Waals surface area (Å²) < 4.78 is 0. The number of carboxylic acid groups (broad SMARTS) is 2. The van der Waals surface area contributed by atoms with Gasteiger partial charge in [0.2, 0.25) is 0 Å². The van der Waals surface area contributed by atoms with Crippen molar-refractivity contribution in [2.75, 3.05) is 0 Å². The number of allylic oxidation sites excluding steroid dienone is 1. The second kappa shape index (κ2) is 4.79. The molecule has 0 heterocycles. The molecule has 0 saturated heterocycles. The molecule has 0 atom stereocenters. The third-order valence-corrected chi connectivity index (χ3v) is 2.43. The smallest absolute Gasteiger partial charge is 0.321 e. The lowest BCUT2D eigenvalue weighted by Gasteiger charge is -2.14. The molecule has 4 nitrogen and oxygen atoms in total. The van der Waals surface area contributed by atoms with Crippen LogP contribution in [0.1, 0.15) is 32.1 Å². The van der Waals surface area contributed by atoms with Gasteiger partial charge < -0.3 is 10.2 Å². The minimum atomic E-state index is -1.37. The van der Waals surface area contributed by atoms with Gasteiger partial charge in [0, 0.05) is 0 Å². The summed E-state index contributed by atoms with van der Waals surface area (Å²) in [6.07, 6.45) is 6.32. The fourth-order valence-electron chi connectivity index (χ4n) is 1.66. The van der Waals surface area contributed by atoms with Gasteiger partial charge in [0.05, 0.1) is 0 Å². The van der Waals surface area contributed by atoms with Crippen LogP contribution in [0.4, 0.5) is 0 Å². The van der Waals surface area contributed by atoms with E-state index in [0.29, 0.717) is 0 Å². The maximum atomic E-state index is 10.6. The molecule has 14 heavy (non-hydrogen) atoms. The van der Waals surface area contributed by atoms with Gasteiger partial charge in [0.25, 0.3) is 0 Å². The van der Waals surface area contributed by atoms with E-state index in [0.717, 1.165) is 37.7 Å². The van der Waals surface area contributed by atoms with E-state index in [1.165, 1.54) is 6.08 Å². The molecule has 1 fully saturated rings. The van der Waals surface area contributed by atoms with Crippen LogP contribution in [0.25, 0.3) is 0 Å². The molecule has 0 aliphatic heterocycles. The van der Waals surface area contributed by atoms with Crippen LogP contribution in [0.3, 0.4) is 0 Å². The second-order valence-electron chi connectivity index (χ2n) is 3.54. The monoisotopic (exact) mass is 198 g/mol.